The van der Waals surface area contributed by atoms with Crippen molar-refractivity contribution in [3.63, 3.8) is 0 Å². The lowest BCUT2D eigenvalue weighted by Gasteiger charge is -2.18. The molecule has 0 radical (unpaired) electrons. The van der Waals surface area contributed by atoms with Gasteiger partial charge in [0.2, 0.25) is 0 Å². The molecule has 2 rings (SSSR count). The van der Waals surface area contributed by atoms with Crippen LogP contribution in [0.1, 0.15) is 24.8 Å². The van der Waals surface area contributed by atoms with Crippen LogP contribution in [0.4, 0.5) is 0 Å². The molecule has 0 spiro atoms. The van der Waals surface area contributed by atoms with Crippen molar-refractivity contribution < 1.29 is 9.84 Å². The highest BCUT2D eigenvalue weighted by Gasteiger charge is 2.10. The average molecular weight is 247 g/mol. The van der Waals surface area contributed by atoms with Gasteiger partial charge in [0.05, 0.1) is 7.11 Å². The Bertz CT molecular complexity index is 415. The van der Waals surface area contributed by atoms with E-state index in [0.29, 0.717) is 12.3 Å². The lowest BCUT2D eigenvalue weighted by Crippen LogP contribution is -2.23. The van der Waals surface area contributed by atoms with Crippen molar-refractivity contribution >= 4 is 0 Å². The van der Waals surface area contributed by atoms with Gasteiger partial charge in [0.15, 0.2) is 0 Å². The van der Waals surface area contributed by atoms with Gasteiger partial charge in [0.25, 0.3) is 0 Å². The van der Waals surface area contributed by atoms with Crippen molar-refractivity contribution in [2.75, 3.05) is 13.7 Å². The molecule has 0 aromatic heterocycles. The minimum Gasteiger partial charge on any atom is -0.508 e. The van der Waals surface area contributed by atoms with Crippen LogP contribution in [0.3, 0.4) is 0 Å². The molecule has 18 heavy (non-hydrogen) atoms. The topological polar surface area (TPSA) is 41.5 Å². The fourth-order valence-electron chi connectivity index (χ4n) is 2.28. The number of hydrogen-bond donors (Lipinski definition) is 2. The number of phenols is 1. The van der Waals surface area contributed by atoms with E-state index in [1.165, 1.54) is 12.8 Å². The Morgan fingerprint density at radius 1 is 1.39 bits per heavy atom. The molecule has 1 aliphatic carbocycles. The quantitative estimate of drug-likeness (QED) is 0.786. The van der Waals surface area contributed by atoms with Gasteiger partial charge < -0.3 is 15.2 Å². The maximum absolute atomic E-state index is 9.76. The highest BCUT2D eigenvalue weighted by Crippen LogP contribution is 2.23. The Morgan fingerprint density at radius 3 is 3.00 bits per heavy atom. The molecule has 0 saturated carbocycles. The number of nitrogens with one attached hydrogen (secondary N) is 1. The van der Waals surface area contributed by atoms with Crippen LogP contribution in [-0.4, -0.2) is 18.8 Å². The first-order valence-electron chi connectivity index (χ1n) is 6.51. The molecule has 0 fully saturated rings. The smallest absolute Gasteiger partial charge is 0.120 e. The molecule has 1 aliphatic rings. The molecule has 98 valence electrons. The summed E-state index contributed by atoms with van der Waals surface area (Å²) < 4.78 is 5.16. The van der Waals surface area contributed by atoms with Gasteiger partial charge in [-0.1, -0.05) is 12.2 Å². The van der Waals surface area contributed by atoms with Gasteiger partial charge in [-0.3, -0.25) is 0 Å². The summed E-state index contributed by atoms with van der Waals surface area (Å²) in [5.74, 6) is 1.83. The summed E-state index contributed by atoms with van der Waals surface area (Å²) in [7, 11) is 1.64. The first-order valence-corrected chi connectivity index (χ1v) is 6.51. The van der Waals surface area contributed by atoms with Crippen LogP contribution >= 0.6 is 0 Å². The minimum atomic E-state index is 0.326. The van der Waals surface area contributed by atoms with Gasteiger partial charge in [-0.2, -0.15) is 0 Å². The number of hydrogen-bond acceptors (Lipinski definition) is 3. The minimum absolute atomic E-state index is 0.326. The molecule has 0 heterocycles. The van der Waals surface area contributed by atoms with Crippen LogP contribution in [0.5, 0.6) is 11.5 Å². The zero-order chi connectivity index (χ0) is 12.8. The summed E-state index contributed by atoms with van der Waals surface area (Å²) in [6.45, 7) is 1.68. The fourth-order valence-corrected chi connectivity index (χ4v) is 2.28. The monoisotopic (exact) mass is 247 g/mol. The summed E-state index contributed by atoms with van der Waals surface area (Å²) in [4.78, 5) is 0. The predicted octanol–water partition coefficient (Wildman–Crippen LogP) is 2.85. The number of aromatic hydroxyl groups is 1. The predicted molar refractivity (Wildman–Crippen MR) is 72.8 cm³/mol. The third kappa shape index (κ3) is 3.50. The van der Waals surface area contributed by atoms with E-state index in [9.17, 15) is 5.11 Å². The first kappa shape index (κ1) is 13.0. The number of methoxy groups -OCH3 is 1. The maximum Gasteiger partial charge on any atom is 0.120 e. The Hall–Kier alpha value is -1.48. The van der Waals surface area contributed by atoms with E-state index in [1.54, 1.807) is 19.2 Å². The Balaban J connectivity index is 1.83. The van der Waals surface area contributed by atoms with Crippen molar-refractivity contribution in [3.05, 3.63) is 35.9 Å². The number of allylic oxidation sites excluding steroid dienone is 2. The van der Waals surface area contributed by atoms with E-state index >= 15 is 0 Å². The Kier molecular flexibility index (Phi) is 4.65. The third-order valence-corrected chi connectivity index (χ3v) is 3.41. The van der Waals surface area contributed by atoms with E-state index < -0.39 is 0 Å². The molecule has 0 bridgehead atoms. The lowest BCUT2D eigenvalue weighted by molar-refractivity contribution is 0.407. The van der Waals surface area contributed by atoms with Crippen LogP contribution in [0.25, 0.3) is 0 Å². The van der Waals surface area contributed by atoms with Crippen molar-refractivity contribution in [2.24, 2.45) is 5.92 Å². The SMILES string of the molecule is COc1ccc(O)c(CNCC2CC=CCC2)c1. The second-order valence-electron chi connectivity index (χ2n) is 4.78. The number of phenolic OH excluding ortho intramolecular Hbond substituents is 1. The van der Waals surface area contributed by atoms with E-state index in [1.807, 2.05) is 6.07 Å². The lowest BCUT2D eigenvalue weighted by atomic mass is 9.94. The van der Waals surface area contributed by atoms with Crippen molar-refractivity contribution in [1.82, 2.24) is 5.32 Å². The summed E-state index contributed by atoms with van der Waals surface area (Å²) in [5.41, 5.74) is 0.890. The molecule has 3 heteroatoms. The van der Waals surface area contributed by atoms with Crippen molar-refractivity contribution in [2.45, 2.75) is 25.8 Å². The molecule has 1 aromatic carbocycles. The highest BCUT2D eigenvalue weighted by atomic mass is 16.5. The van der Waals surface area contributed by atoms with Gasteiger partial charge >= 0.3 is 0 Å². The molecule has 3 nitrogen and oxygen atoms in total. The average Bonchev–Trinajstić information content (AvgIpc) is 2.42. The molecule has 2 N–H and O–H groups in total. The molecular weight excluding hydrogens is 226 g/mol. The van der Waals surface area contributed by atoms with Gasteiger partial charge in [0.1, 0.15) is 11.5 Å². The van der Waals surface area contributed by atoms with Gasteiger partial charge in [0, 0.05) is 12.1 Å². The zero-order valence-electron chi connectivity index (χ0n) is 10.9. The van der Waals surface area contributed by atoms with E-state index in [-0.39, 0.29) is 0 Å². The number of ether oxygens (including phenoxy) is 1. The van der Waals surface area contributed by atoms with Crippen LogP contribution in [0.2, 0.25) is 0 Å². The summed E-state index contributed by atoms with van der Waals surface area (Å²) in [6, 6.07) is 5.33. The second kappa shape index (κ2) is 6.45. The normalized spacial score (nSPS) is 18.8. The highest BCUT2D eigenvalue weighted by molar-refractivity contribution is 5.39. The zero-order valence-corrected chi connectivity index (χ0v) is 10.9. The summed E-state index contributed by atoms with van der Waals surface area (Å²) in [6.07, 6.45) is 8.13. The van der Waals surface area contributed by atoms with Gasteiger partial charge in [-0.25, -0.2) is 0 Å². The molecule has 0 amide bonds. The maximum atomic E-state index is 9.76. The van der Waals surface area contributed by atoms with E-state index in [0.717, 1.165) is 30.2 Å². The van der Waals surface area contributed by atoms with Gasteiger partial charge in [-0.05, 0) is 49.9 Å². The molecule has 1 unspecified atom stereocenters. The Labute approximate surface area is 108 Å². The molecule has 0 aliphatic heterocycles. The molecule has 0 saturated heterocycles. The molecule has 1 atom stereocenters. The summed E-state index contributed by atoms with van der Waals surface area (Å²) in [5, 5.41) is 13.2. The second-order valence-corrected chi connectivity index (χ2v) is 4.78. The van der Waals surface area contributed by atoms with E-state index in [4.69, 9.17) is 4.74 Å². The third-order valence-electron chi connectivity index (χ3n) is 3.41. The van der Waals surface area contributed by atoms with Crippen molar-refractivity contribution in [1.29, 1.82) is 0 Å². The summed E-state index contributed by atoms with van der Waals surface area (Å²) >= 11 is 0. The first-order chi connectivity index (χ1) is 8.79. The van der Waals surface area contributed by atoms with Crippen LogP contribution in [-0.2, 0) is 6.54 Å². The van der Waals surface area contributed by atoms with Crippen LogP contribution in [0, 0.1) is 5.92 Å². The molecular formula is C15H21NO2. The van der Waals surface area contributed by atoms with Crippen LogP contribution < -0.4 is 10.1 Å². The van der Waals surface area contributed by atoms with Crippen LogP contribution in [0.15, 0.2) is 30.4 Å². The number of rotatable bonds is 5. The largest absolute Gasteiger partial charge is 0.508 e. The standard InChI is InChI=1S/C15H21NO2/c1-18-14-7-8-15(17)13(9-14)11-16-10-12-5-3-2-4-6-12/h2-3,7-9,12,16-17H,4-6,10-11H2,1H3. The fraction of sp³-hybridized carbons (Fsp3) is 0.467. The van der Waals surface area contributed by atoms with Gasteiger partial charge in [-0.15, -0.1) is 0 Å². The van der Waals surface area contributed by atoms with Crippen molar-refractivity contribution in [3.8, 4) is 11.5 Å². The Morgan fingerprint density at radius 2 is 2.28 bits per heavy atom. The van der Waals surface area contributed by atoms with E-state index in [2.05, 4.69) is 17.5 Å². The number of benzene rings is 1. The molecule has 1 aromatic rings.